The number of hydrogen-bond acceptors (Lipinski definition) is 4. The highest BCUT2D eigenvalue weighted by molar-refractivity contribution is 9.10. The number of nitro benzene ring substituents is 1. The Labute approximate surface area is 124 Å². The topological polar surface area (TPSA) is 75.4 Å². The summed E-state index contributed by atoms with van der Waals surface area (Å²) < 4.78 is 0.787. The second-order valence-electron chi connectivity index (χ2n) is 4.26. The second-order valence-corrected chi connectivity index (χ2v) is 5.18. The van der Waals surface area contributed by atoms with Gasteiger partial charge in [0.05, 0.1) is 4.92 Å². The minimum absolute atomic E-state index is 0.0545. The second kappa shape index (κ2) is 6.38. The number of nitrogens with zero attached hydrogens (tertiary/aromatic N) is 1. The van der Waals surface area contributed by atoms with Gasteiger partial charge in [-0.3, -0.25) is 10.1 Å². The number of hydrogen-bond donors (Lipinski definition) is 2. The van der Waals surface area contributed by atoms with Gasteiger partial charge in [-0.05, 0) is 36.2 Å². The molecule has 20 heavy (non-hydrogen) atoms. The molecule has 2 aromatic carbocycles. The molecule has 0 atom stereocenters. The molecule has 2 aromatic rings. The average molecular weight is 337 g/mol. The molecule has 0 aliphatic carbocycles. The molecule has 0 aromatic heterocycles. The van der Waals surface area contributed by atoms with Crippen molar-refractivity contribution in [3.05, 3.63) is 62.6 Å². The highest BCUT2D eigenvalue weighted by Crippen LogP contribution is 2.27. The third kappa shape index (κ3) is 3.71. The molecule has 0 saturated heterocycles. The first kappa shape index (κ1) is 14.3. The standard InChI is InChI=1S/C14H13BrN2O3/c15-11-3-6-14(17(19)20)13(9-11)16-8-7-10-1-4-12(18)5-2-10/h1-6,9,16,18H,7-8H2. The number of phenols is 1. The maximum atomic E-state index is 10.9. The van der Waals surface area contributed by atoms with E-state index in [9.17, 15) is 15.2 Å². The lowest BCUT2D eigenvalue weighted by Gasteiger charge is -2.08. The van der Waals surface area contributed by atoms with Crippen LogP contribution in [0.25, 0.3) is 0 Å². The quantitative estimate of drug-likeness (QED) is 0.644. The molecule has 104 valence electrons. The third-order valence-electron chi connectivity index (χ3n) is 2.82. The molecule has 0 heterocycles. The Kier molecular flexibility index (Phi) is 4.57. The fourth-order valence-electron chi connectivity index (χ4n) is 1.81. The molecule has 0 spiro atoms. The zero-order valence-electron chi connectivity index (χ0n) is 10.5. The molecule has 2 N–H and O–H groups in total. The average Bonchev–Trinajstić information content (AvgIpc) is 2.41. The number of halogens is 1. The smallest absolute Gasteiger partial charge is 0.292 e. The molecule has 0 aliphatic heterocycles. The summed E-state index contributed by atoms with van der Waals surface area (Å²) in [5.74, 6) is 0.226. The van der Waals surface area contributed by atoms with Gasteiger partial charge >= 0.3 is 0 Å². The molecule has 0 amide bonds. The first-order valence-corrected chi connectivity index (χ1v) is 6.81. The Morgan fingerprint density at radius 2 is 1.90 bits per heavy atom. The number of anilines is 1. The van der Waals surface area contributed by atoms with E-state index in [1.54, 1.807) is 24.3 Å². The summed E-state index contributed by atoms with van der Waals surface area (Å²) in [6.07, 6.45) is 0.712. The molecule has 0 saturated carbocycles. The van der Waals surface area contributed by atoms with Crippen LogP contribution in [0.4, 0.5) is 11.4 Å². The molecule has 0 unspecified atom stereocenters. The van der Waals surface area contributed by atoms with Gasteiger partial charge in [0.25, 0.3) is 5.69 Å². The van der Waals surface area contributed by atoms with E-state index in [1.165, 1.54) is 6.07 Å². The van der Waals surface area contributed by atoms with E-state index in [0.717, 1.165) is 10.0 Å². The van der Waals surface area contributed by atoms with Gasteiger partial charge in [-0.15, -0.1) is 0 Å². The van der Waals surface area contributed by atoms with E-state index >= 15 is 0 Å². The Bertz CT molecular complexity index is 614. The van der Waals surface area contributed by atoms with Gasteiger partial charge in [0.2, 0.25) is 0 Å². The minimum Gasteiger partial charge on any atom is -0.508 e. The molecule has 0 radical (unpaired) electrons. The molecule has 0 bridgehead atoms. The molecular weight excluding hydrogens is 324 g/mol. The van der Waals surface area contributed by atoms with E-state index in [-0.39, 0.29) is 11.4 Å². The monoisotopic (exact) mass is 336 g/mol. The summed E-state index contributed by atoms with van der Waals surface area (Å²) in [6.45, 7) is 0.571. The number of nitrogens with one attached hydrogen (secondary N) is 1. The van der Waals surface area contributed by atoms with Crippen LogP contribution in [0.3, 0.4) is 0 Å². The van der Waals surface area contributed by atoms with Crippen LogP contribution in [-0.2, 0) is 6.42 Å². The largest absolute Gasteiger partial charge is 0.508 e. The van der Waals surface area contributed by atoms with Crippen LogP contribution >= 0.6 is 15.9 Å². The van der Waals surface area contributed by atoms with Crippen molar-refractivity contribution in [2.45, 2.75) is 6.42 Å². The van der Waals surface area contributed by atoms with Crippen molar-refractivity contribution < 1.29 is 10.0 Å². The maximum absolute atomic E-state index is 10.9. The first-order valence-electron chi connectivity index (χ1n) is 6.02. The van der Waals surface area contributed by atoms with Crippen LogP contribution in [0.15, 0.2) is 46.9 Å². The normalized spacial score (nSPS) is 10.2. The highest BCUT2D eigenvalue weighted by Gasteiger charge is 2.13. The van der Waals surface area contributed by atoms with Crippen molar-refractivity contribution >= 4 is 27.3 Å². The summed E-state index contributed by atoms with van der Waals surface area (Å²) in [5.41, 5.74) is 1.59. The van der Waals surface area contributed by atoms with Crippen molar-refractivity contribution in [3.63, 3.8) is 0 Å². The van der Waals surface area contributed by atoms with Crippen LogP contribution in [0, 0.1) is 10.1 Å². The summed E-state index contributed by atoms with van der Waals surface area (Å²) in [7, 11) is 0. The van der Waals surface area contributed by atoms with E-state index < -0.39 is 4.92 Å². The number of aromatic hydroxyl groups is 1. The van der Waals surface area contributed by atoms with Crippen LogP contribution in [0.5, 0.6) is 5.75 Å². The molecule has 2 rings (SSSR count). The highest BCUT2D eigenvalue weighted by atomic mass is 79.9. The van der Waals surface area contributed by atoms with Crippen LogP contribution < -0.4 is 5.32 Å². The summed E-state index contributed by atoms with van der Waals surface area (Å²) >= 11 is 3.30. The lowest BCUT2D eigenvalue weighted by Crippen LogP contribution is -2.06. The van der Waals surface area contributed by atoms with Crippen molar-refractivity contribution in [1.29, 1.82) is 0 Å². The number of phenolic OH excluding ortho intramolecular Hbond substituents is 1. The zero-order valence-corrected chi connectivity index (χ0v) is 12.1. The maximum Gasteiger partial charge on any atom is 0.292 e. The summed E-state index contributed by atoms with van der Waals surface area (Å²) in [6, 6.07) is 11.7. The van der Waals surface area contributed by atoms with E-state index in [2.05, 4.69) is 21.2 Å². The molecule has 6 heteroatoms. The summed E-state index contributed by atoms with van der Waals surface area (Å²) in [5, 5.41) is 23.2. The fraction of sp³-hybridized carbons (Fsp3) is 0.143. The molecule has 0 fully saturated rings. The van der Waals surface area contributed by atoms with E-state index in [4.69, 9.17) is 0 Å². The van der Waals surface area contributed by atoms with Gasteiger partial charge in [0.1, 0.15) is 11.4 Å². The van der Waals surface area contributed by atoms with Gasteiger partial charge in [-0.1, -0.05) is 28.1 Å². The molecular formula is C14H13BrN2O3. The fourth-order valence-corrected chi connectivity index (χ4v) is 2.17. The Balaban J connectivity index is 2.02. The lowest BCUT2D eigenvalue weighted by atomic mass is 10.1. The zero-order chi connectivity index (χ0) is 14.5. The SMILES string of the molecule is O=[N+]([O-])c1ccc(Br)cc1NCCc1ccc(O)cc1. The number of benzene rings is 2. The van der Waals surface area contributed by atoms with Crippen molar-refractivity contribution in [1.82, 2.24) is 0 Å². The van der Waals surface area contributed by atoms with Gasteiger partial charge in [0, 0.05) is 17.1 Å². The third-order valence-corrected chi connectivity index (χ3v) is 3.31. The van der Waals surface area contributed by atoms with Crippen LogP contribution in [0.1, 0.15) is 5.56 Å². The Hall–Kier alpha value is -2.08. The molecule has 0 aliphatic rings. The predicted octanol–water partition coefficient (Wildman–Crippen LogP) is 3.72. The van der Waals surface area contributed by atoms with E-state index in [1.807, 2.05) is 12.1 Å². The Morgan fingerprint density at radius 3 is 2.55 bits per heavy atom. The van der Waals surface area contributed by atoms with E-state index in [0.29, 0.717) is 18.7 Å². The lowest BCUT2D eigenvalue weighted by molar-refractivity contribution is -0.384. The predicted molar refractivity (Wildman–Crippen MR) is 81.1 cm³/mol. The van der Waals surface area contributed by atoms with Crippen LogP contribution in [-0.4, -0.2) is 16.6 Å². The Morgan fingerprint density at radius 1 is 1.20 bits per heavy atom. The van der Waals surface area contributed by atoms with Gasteiger partial charge < -0.3 is 10.4 Å². The molecule has 5 nitrogen and oxygen atoms in total. The van der Waals surface area contributed by atoms with Gasteiger partial charge in [0.15, 0.2) is 0 Å². The van der Waals surface area contributed by atoms with Crippen molar-refractivity contribution in [2.75, 3.05) is 11.9 Å². The van der Waals surface area contributed by atoms with Gasteiger partial charge in [-0.25, -0.2) is 0 Å². The first-order chi connectivity index (χ1) is 9.56. The van der Waals surface area contributed by atoms with Crippen LogP contribution in [0.2, 0.25) is 0 Å². The minimum atomic E-state index is -0.407. The van der Waals surface area contributed by atoms with Gasteiger partial charge in [-0.2, -0.15) is 0 Å². The van der Waals surface area contributed by atoms with Crippen molar-refractivity contribution in [2.24, 2.45) is 0 Å². The van der Waals surface area contributed by atoms with Crippen molar-refractivity contribution in [3.8, 4) is 5.75 Å². The summed E-state index contributed by atoms with van der Waals surface area (Å²) in [4.78, 5) is 10.5. The number of rotatable bonds is 5. The number of nitro groups is 1.